The molecule has 126 valence electrons. The summed E-state index contributed by atoms with van der Waals surface area (Å²) in [6.45, 7) is 7.88. The monoisotopic (exact) mass is 315 g/mol. The predicted octanol–water partition coefficient (Wildman–Crippen LogP) is 0.773. The van der Waals surface area contributed by atoms with E-state index in [0.717, 1.165) is 19.2 Å². The van der Waals surface area contributed by atoms with Gasteiger partial charge in [0.25, 0.3) is 6.20 Å². The Morgan fingerprint density at radius 3 is 2.77 bits per heavy atom. The van der Waals surface area contributed by atoms with Crippen LogP contribution in [0.1, 0.15) is 20.3 Å². The molecule has 8 heteroatoms. The standard InChI is InChI=1S/C14H25N3O5/c1-3-21-14(22-4-2)10-15-13(8-17(18)19)16(11-14)7-12-5-6-20-9-12/h8,12,15H,3-7,9-11H2,1-2H3. The number of rotatable bonds is 7. The second-order valence-electron chi connectivity index (χ2n) is 5.54. The molecule has 2 rings (SSSR count). The Hall–Kier alpha value is -1.38. The van der Waals surface area contributed by atoms with Crippen molar-refractivity contribution in [1.29, 1.82) is 0 Å². The molecule has 0 aromatic heterocycles. The minimum atomic E-state index is -0.767. The summed E-state index contributed by atoms with van der Waals surface area (Å²) in [5.41, 5.74) is 0. The lowest BCUT2D eigenvalue weighted by Gasteiger charge is -2.44. The second kappa shape index (κ2) is 7.75. The average Bonchev–Trinajstić information content (AvgIpc) is 2.95. The first kappa shape index (κ1) is 17.0. The SMILES string of the molecule is CCOC1(OCC)CNC(=C[N+](=O)[O-])N(CC2CCOC2)C1. The fourth-order valence-electron chi connectivity index (χ4n) is 2.96. The van der Waals surface area contributed by atoms with Gasteiger partial charge in [-0.25, -0.2) is 0 Å². The Labute approximate surface area is 130 Å². The van der Waals surface area contributed by atoms with Crippen LogP contribution in [0.2, 0.25) is 0 Å². The largest absolute Gasteiger partial charge is 0.381 e. The van der Waals surface area contributed by atoms with Crippen LogP contribution >= 0.6 is 0 Å². The quantitative estimate of drug-likeness (QED) is 0.422. The van der Waals surface area contributed by atoms with Crippen LogP contribution in [0.15, 0.2) is 12.0 Å². The summed E-state index contributed by atoms with van der Waals surface area (Å²) in [6, 6.07) is 0. The first-order valence-corrected chi connectivity index (χ1v) is 7.78. The van der Waals surface area contributed by atoms with Gasteiger partial charge in [0.2, 0.25) is 5.79 Å². The lowest BCUT2D eigenvalue weighted by atomic mass is 10.1. The normalized spacial score (nSPS) is 26.2. The smallest absolute Gasteiger partial charge is 0.274 e. The Bertz CT molecular complexity index is 403. The summed E-state index contributed by atoms with van der Waals surface area (Å²) in [7, 11) is 0. The topological polar surface area (TPSA) is 86.1 Å². The molecule has 0 aromatic carbocycles. The molecule has 2 saturated heterocycles. The number of hydrogen-bond acceptors (Lipinski definition) is 7. The maximum atomic E-state index is 10.8. The summed E-state index contributed by atoms with van der Waals surface area (Å²) < 4.78 is 17.0. The zero-order chi connectivity index (χ0) is 16.0. The number of ether oxygens (including phenoxy) is 3. The van der Waals surface area contributed by atoms with Crippen LogP contribution in [-0.4, -0.2) is 61.7 Å². The minimum absolute atomic E-state index is 0.371. The maximum Gasteiger partial charge on any atom is 0.274 e. The van der Waals surface area contributed by atoms with Crippen LogP contribution in [0.25, 0.3) is 0 Å². The van der Waals surface area contributed by atoms with Crippen molar-refractivity contribution in [1.82, 2.24) is 10.2 Å². The highest BCUT2D eigenvalue weighted by Crippen LogP contribution is 2.25. The van der Waals surface area contributed by atoms with Crippen molar-refractivity contribution in [3.8, 4) is 0 Å². The molecule has 2 fully saturated rings. The van der Waals surface area contributed by atoms with Gasteiger partial charge < -0.3 is 24.4 Å². The molecule has 0 spiro atoms. The van der Waals surface area contributed by atoms with Gasteiger partial charge >= 0.3 is 0 Å². The van der Waals surface area contributed by atoms with E-state index in [2.05, 4.69) is 5.32 Å². The Kier molecular flexibility index (Phi) is 5.98. The van der Waals surface area contributed by atoms with E-state index in [-0.39, 0.29) is 0 Å². The third-order valence-electron chi connectivity index (χ3n) is 3.86. The van der Waals surface area contributed by atoms with Gasteiger partial charge in [0, 0.05) is 32.3 Å². The van der Waals surface area contributed by atoms with E-state index in [1.165, 1.54) is 0 Å². The molecule has 2 heterocycles. The van der Waals surface area contributed by atoms with Crippen molar-refractivity contribution < 1.29 is 19.1 Å². The summed E-state index contributed by atoms with van der Waals surface area (Å²) in [5, 5.41) is 13.9. The molecule has 0 amide bonds. The van der Waals surface area contributed by atoms with E-state index in [4.69, 9.17) is 14.2 Å². The van der Waals surface area contributed by atoms with E-state index in [9.17, 15) is 10.1 Å². The summed E-state index contributed by atoms with van der Waals surface area (Å²) >= 11 is 0. The summed E-state index contributed by atoms with van der Waals surface area (Å²) in [4.78, 5) is 12.3. The van der Waals surface area contributed by atoms with E-state index >= 15 is 0 Å². The minimum Gasteiger partial charge on any atom is -0.381 e. The van der Waals surface area contributed by atoms with E-state index in [1.807, 2.05) is 18.7 Å². The average molecular weight is 315 g/mol. The van der Waals surface area contributed by atoms with Gasteiger partial charge in [-0.3, -0.25) is 10.1 Å². The molecule has 8 nitrogen and oxygen atoms in total. The van der Waals surface area contributed by atoms with Crippen LogP contribution in [0, 0.1) is 16.0 Å². The van der Waals surface area contributed by atoms with Gasteiger partial charge in [-0.1, -0.05) is 0 Å². The molecule has 1 N–H and O–H groups in total. The highest BCUT2D eigenvalue weighted by atomic mass is 16.7. The Balaban J connectivity index is 2.13. The van der Waals surface area contributed by atoms with E-state index < -0.39 is 10.7 Å². The van der Waals surface area contributed by atoms with Crippen LogP contribution in [0.3, 0.4) is 0 Å². The number of nitro groups is 1. The molecule has 0 aromatic rings. The Morgan fingerprint density at radius 1 is 1.50 bits per heavy atom. The zero-order valence-electron chi connectivity index (χ0n) is 13.2. The first-order chi connectivity index (χ1) is 10.6. The number of nitrogens with one attached hydrogen (secondary N) is 1. The molecule has 0 bridgehead atoms. The Morgan fingerprint density at radius 2 is 2.23 bits per heavy atom. The van der Waals surface area contributed by atoms with Crippen molar-refractivity contribution in [2.45, 2.75) is 26.1 Å². The van der Waals surface area contributed by atoms with Gasteiger partial charge in [-0.05, 0) is 20.3 Å². The van der Waals surface area contributed by atoms with Gasteiger partial charge in [-0.2, -0.15) is 0 Å². The molecule has 0 radical (unpaired) electrons. The van der Waals surface area contributed by atoms with Crippen molar-refractivity contribution in [3.05, 3.63) is 22.1 Å². The van der Waals surface area contributed by atoms with Crippen LogP contribution in [-0.2, 0) is 14.2 Å². The molecular weight excluding hydrogens is 290 g/mol. The zero-order valence-corrected chi connectivity index (χ0v) is 13.2. The maximum absolute atomic E-state index is 10.8. The number of nitrogens with zero attached hydrogens (tertiary/aromatic N) is 2. The van der Waals surface area contributed by atoms with Gasteiger partial charge in [0.1, 0.15) is 0 Å². The molecule has 0 saturated carbocycles. The summed E-state index contributed by atoms with van der Waals surface area (Å²) in [6.07, 6.45) is 1.98. The molecular formula is C14H25N3O5. The van der Waals surface area contributed by atoms with Crippen molar-refractivity contribution in [2.75, 3.05) is 46.1 Å². The molecule has 22 heavy (non-hydrogen) atoms. The van der Waals surface area contributed by atoms with Crippen LogP contribution in [0.5, 0.6) is 0 Å². The predicted molar refractivity (Wildman–Crippen MR) is 79.6 cm³/mol. The van der Waals surface area contributed by atoms with Crippen molar-refractivity contribution >= 4 is 0 Å². The van der Waals surface area contributed by atoms with Crippen molar-refractivity contribution in [3.63, 3.8) is 0 Å². The lowest BCUT2D eigenvalue weighted by molar-refractivity contribution is -0.405. The van der Waals surface area contributed by atoms with Gasteiger partial charge in [0.15, 0.2) is 5.82 Å². The molecule has 1 atom stereocenters. The van der Waals surface area contributed by atoms with Gasteiger partial charge in [0.05, 0.1) is 24.6 Å². The molecule has 1 unspecified atom stereocenters. The fraction of sp³-hybridized carbons (Fsp3) is 0.857. The first-order valence-electron chi connectivity index (χ1n) is 7.78. The van der Waals surface area contributed by atoms with E-state index in [1.54, 1.807) is 0 Å². The highest BCUT2D eigenvalue weighted by molar-refractivity contribution is 5.03. The third kappa shape index (κ3) is 4.31. The fourth-order valence-corrected chi connectivity index (χ4v) is 2.96. The van der Waals surface area contributed by atoms with Gasteiger partial charge in [-0.15, -0.1) is 0 Å². The highest BCUT2D eigenvalue weighted by Gasteiger charge is 2.40. The molecule has 2 aliphatic rings. The molecule has 2 aliphatic heterocycles. The van der Waals surface area contributed by atoms with Crippen LogP contribution in [0.4, 0.5) is 0 Å². The van der Waals surface area contributed by atoms with E-state index in [0.29, 0.717) is 51.2 Å². The third-order valence-corrected chi connectivity index (χ3v) is 3.86. The summed E-state index contributed by atoms with van der Waals surface area (Å²) in [5.74, 6) is 0.111. The molecule has 0 aliphatic carbocycles. The van der Waals surface area contributed by atoms with Crippen molar-refractivity contribution in [2.24, 2.45) is 5.92 Å². The second-order valence-corrected chi connectivity index (χ2v) is 5.54. The lowest BCUT2D eigenvalue weighted by Crippen LogP contribution is -2.60. The van der Waals surface area contributed by atoms with Crippen LogP contribution < -0.4 is 5.32 Å². The number of hydrogen-bond donors (Lipinski definition) is 1.